The van der Waals surface area contributed by atoms with E-state index in [9.17, 15) is 4.79 Å². The largest absolute Gasteiger partial charge is 0.478 e. The molecule has 2 atom stereocenters. The number of carbonyl (C=O) groups is 1. The van der Waals surface area contributed by atoms with Gasteiger partial charge in [0, 0.05) is 12.7 Å². The van der Waals surface area contributed by atoms with Crippen LogP contribution in [0.25, 0.3) is 0 Å². The second-order valence-electron chi connectivity index (χ2n) is 5.40. The fraction of sp³-hybridized carbons (Fsp3) is 0.571. The maximum absolute atomic E-state index is 10.9. The fourth-order valence-corrected chi connectivity index (χ4v) is 3.19. The lowest BCUT2D eigenvalue weighted by atomic mass is 9.90. The number of aromatic nitrogens is 1. The summed E-state index contributed by atoms with van der Waals surface area (Å²) in [5, 5.41) is 8.97. The summed E-state index contributed by atoms with van der Waals surface area (Å²) >= 11 is 0. The van der Waals surface area contributed by atoms with Crippen LogP contribution in [0.15, 0.2) is 12.3 Å². The van der Waals surface area contributed by atoms with Gasteiger partial charge >= 0.3 is 5.97 Å². The van der Waals surface area contributed by atoms with E-state index in [1.165, 1.54) is 25.1 Å². The van der Waals surface area contributed by atoms with E-state index in [1.807, 2.05) is 0 Å². The highest BCUT2D eigenvalue weighted by Crippen LogP contribution is 2.33. The van der Waals surface area contributed by atoms with Crippen molar-refractivity contribution < 1.29 is 14.6 Å². The molecule has 2 heterocycles. The molecule has 1 saturated carbocycles. The van der Waals surface area contributed by atoms with Crippen molar-refractivity contribution in [1.29, 1.82) is 0 Å². The van der Waals surface area contributed by atoms with Crippen LogP contribution in [0.2, 0.25) is 0 Å². The van der Waals surface area contributed by atoms with Crippen LogP contribution < -0.4 is 10.6 Å². The van der Waals surface area contributed by atoms with Crippen LogP contribution in [-0.4, -0.2) is 41.4 Å². The van der Waals surface area contributed by atoms with Gasteiger partial charge in [-0.05, 0) is 18.9 Å². The molecule has 6 nitrogen and oxygen atoms in total. The highest BCUT2D eigenvalue weighted by atomic mass is 16.5. The Balaban J connectivity index is 1.89. The van der Waals surface area contributed by atoms with E-state index in [1.54, 1.807) is 0 Å². The lowest BCUT2D eigenvalue weighted by Gasteiger charge is -2.44. The minimum Gasteiger partial charge on any atom is -0.478 e. The molecule has 1 aliphatic carbocycles. The number of nitrogens with zero attached hydrogens (tertiary/aromatic N) is 2. The number of hydrogen-bond donors (Lipinski definition) is 2. The molecule has 2 fully saturated rings. The number of pyridine rings is 1. The SMILES string of the molecule is Nc1cc(C(=O)O)cnc1N1CCOC2CCCCC21. The minimum absolute atomic E-state index is 0.125. The highest BCUT2D eigenvalue weighted by molar-refractivity contribution is 5.89. The summed E-state index contributed by atoms with van der Waals surface area (Å²) < 4.78 is 5.83. The van der Waals surface area contributed by atoms with Gasteiger partial charge in [0.05, 0.1) is 30.0 Å². The number of aromatic carboxylic acids is 1. The molecule has 1 saturated heterocycles. The molecular formula is C14H19N3O3. The van der Waals surface area contributed by atoms with Gasteiger partial charge in [0.1, 0.15) is 0 Å². The number of nitrogens with two attached hydrogens (primary N) is 1. The molecule has 1 aliphatic heterocycles. The molecule has 6 heteroatoms. The Morgan fingerprint density at radius 1 is 1.45 bits per heavy atom. The summed E-state index contributed by atoms with van der Waals surface area (Å²) in [6, 6.07) is 1.79. The van der Waals surface area contributed by atoms with Gasteiger partial charge in [0.2, 0.25) is 0 Å². The molecule has 0 aromatic carbocycles. The smallest absolute Gasteiger partial charge is 0.337 e. The predicted molar refractivity (Wildman–Crippen MR) is 75.0 cm³/mol. The first kappa shape index (κ1) is 13.2. The average molecular weight is 277 g/mol. The molecule has 108 valence electrons. The normalized spacial score (nSPS) is 26.1. The summed E-state index contributed by atoms with van der Waals surface area (Å²) in [5.41, 5.74) is 6.56. The Morgan fingerprint density at radius 2 is 2.25 bits per heavy atom. The molecule has 0 bridgehead atoms. The first-order valence-electron chi connectivity index (χ1n) is 7.04. The Labute approximate surface area is 117 Å². The lowest BCUT2D eigenvalue weighted by Crippen LogP contribution is -2.53. The second kappa shape index (κ2) is 5.28. The van der Waals surface area contributed by atoms with Crippen LogP contribution in [0.4, 0.5) is 11.5 Å². The molecule has 0 amide bonds. The quantitative estimate of drug-likeness (QED) is 0.851. The van der Waals surface area contributed by atoms with Gasteiger partial charge in [-0.3, -0.25) is 0 Å². The number of anilines is 2. The Morgan fingerprint density at radius 3 is 3.00 bits per heavy atom. The van der Waals surface area contributed by atoms with Crippen molar-refractivity contribution >= 4 is 17.5 Å². The van der Waals surface area contributed by atoms with Crippen molar-refractivity contribution in [2.24, 2.45) is 0 Å². The van der Waals surface area contributed by atoms with Crippen LogP contribution in [0.1, 0.15) is 36.0 Å². The standard InChI is InChI=1S/C14H19N3O3/c15-10-7-9(14(18)19)8-16-13(10)17-5-6-20-12-4-2-1-3-11(12)17/h7-8,11-12H,1-6,15H2,(H,18,19). The van der Waals surface area contributed by atoms with Crippen molar-refractivity contribution in [1.82, 2.24) is 4.98 Å². The van der Waals surface area contributed by atoms with Crippen LogP contribution >= 0.6 is 0 Å². The Kier molecular flexibility index (Phi) is 3.48. The van der Waals surface area contributed by atoms with E-state index in [4.69, 9.17) is 15.6 Å². The average Bonchev–Trinajstić information content (AvgIpc) is 2.46. The first-order chi connectivity index (χ1) is 9.66. The minimum atomic E-state index is -1.01. The third kappa shape index (κ3) is 2.31. The molecule has 0 spiro atoms. The van der Waals surface area contributed by atoms with Gasteiger partial charge in [-0.15, -0.1) is 0 Å². The van der Waals surface area contributed by atoms with E-state index >= 15 is 0 Å². The van der Waals surface area contributed by atoms with Crippen molar-refractivity contribution in [3.8, 4) is 0 Å². The number of rotatable bonds is 2. The van der Waals surface area contributed by atoms with Gasteiger partial charge < -0.3 is 20.5 Å². The van der Waals surface area contributed by atoms with Crippen molar-refractivity contribution in [2.75, 3.05) is 23.8 Å². The predicted octanol–water partition coefficient (Wildman–Crippen LogP) is 1.51. The van der Waals surface area contributed by atoms with Crippen LogP contribution in [0.3, 0.4) is 0 Å². The number of hydrogen-bond acceptors (Lipinski definition) is 5. The number of carboxylic acids is 1. The van der Waals surface area contributed by atoms with Crippen LogP contribution in [-0.2, 0) is 4.74 Å². The molecular weight excluding hydrogens is 258 g/mol. The monoisotopic (exact) mass is 277 g/mol. The summed E-state index contributed by atoms with van der Waals surface area (Å²) in [4.78, 5) is 17.4. The lowest BCUT2D eigenvalue weighted by molar-refractivity contribution is -0.00893. The summed E-state index contributed by atoms with van der Waals surface area (Å²) in [6.07, 6.45) is 6.17. The summed E-state index contributed by atoms with van der Waals surface area (Å²) in [7, 11) is 0. The highest BCUT2D eigenvalue weighted by Gasteiger charge is 2.35. The molecule has 3 N–H and O–H groups in total. The van der Waals surface area contributed by atoms with E-state index in [-0.39, 0.29) is 11.7 Å². The zero-order valence-electron chi connectivity index (χ0n) is 11.3. The number of morpholine rings is 1. The van der Waals surface area contributed by atoms with E-state index in [0.717, 1.165) is 19.4 Å². The molecule has 2 unspecified atom stereocenters. The Hall–Kier alpha value is -1.82. The zero-order valence-corrected chi connectivity index (χ0v) is 11.3. The number of nitrogen functional groups attached to an aromatic ring is 1. The zero-order chi connectivity index (χ0) is 14.1. The maximum atomic E-state index is 10.9. The molecule has 0 radical (unpaired) electrons. The van der Waals surface area contributed by atoms with E-state index in [2.05, 4.69) is 9.88 Å². The third-order valence-electron chi connectivity index (χ3n) is 4.15. The molecule has 20 heavy (non-hydrogen) atoms. The third-order valence-corrected chi connectivity index (χ3v) is 4.15. The topological polar surface area (TPSA) is 88.7 Å². The molecule has 3 rings (SSSR count). The summed E-state index contributed by atoms with van der Waals surface area (Å²) in [5.74, 6) is -0.316. The Bertz CT molecular complexity index is 518. The van der Waals surface area contributed by atoms with Gasteiger partial charge in [-0.1, -0.05) is 12.8 Å². The van der Waals surface area contributed by atoms with Gasteiger partial charge in [0.15, 0.2) is 5.82 Å². The number of ether oxygens (including phenoxy) is 1. The van der Waals surface area contributed by atoms with Crippen LogP contribution in [0, 0.1) is 0 Å². The van der Waals surface area contributed by atoms with Gasteiger partial charge in [-0.25, -0.2) is 9.78 Å². The first-order valence-corrected chi connectivity index (χ1v) is 7.04. The fourth-order valence-electron chi connectivity index (χ4n) is 3.19. The number of fused-ring (bicyclic) bond motifs is 1. The molecule has 2 aliphatic rings. The van der Waals surface area contributed by atoms with E-state index in [0.29, 0.717) is 24.2 Å². The number of carboxylic acid groups (broad SMARTS) is 1. The van der Waals surface area contributed by atoms with Crippen LogP contribution in [0.5, 0.6) is 0 Å². The van der Waals surface area contributed by atoms with E-state index < -0.39 is 5.97 Å². The summed E-state index contributed by atoms with van der Waals surface area (Å²) in [6.45, 7) is 1.42. The van der Waals surface area contributed by atoms with Crippen molar-refractivity contribution in [3.63, 3.8) is 0 Å². The van der Waals surface area contributed by atoms with Gasteiger partial charge in [0.25, 0.3) is 0 Å². The van der Waals surface area contributed by atoms with Crippen molar-refractivity contribution in [3.05, 3.63) is 17.8 Å². The van der Waals surface area contributed by atoms with Gasteiger partial charge in [-0.2, -0.15) is 0 Å². The second-order valence-corrected chi connectivity index (χ2v) is 5.40. The maximum Gasteiger partial charge on any atom is 0.337 e. The molecule has 1 aromatic rings. The molecule has 1 aromatic heterocycles. The van der Waals surface area contributed by atoms with Crippen molar-refractivity contribution in [2.45, 2.75) is 37.8 Å².